The highest BCUT2D eigenvalue weighted by Crippen LogP contribution is 2.43. The molecular formula is C25H19ClN4O8. The fourth-order valence-electron chi connectivity index (χ4n) is 3.18. The summed E-state index contributed by atoms with van der Waals surface area (Å²) in [6.07, 6.45) is 1.28. The van der Waals surface area contributed by atoms with Crippen LogP contribution in [0, 0.1) is 31.6 Å². The largest absolute Gasteiger partial charge is 0.497 e. The highest BCUT2D eigenvalue weighted by molar-refractivity contribution is 6.32. The summed E-state index contributed by atoms with van der Waals surface area (Å²) in [6, 6.07) is 14.0. The Labute approximate surface area is 220 Å². The van der Waals surface area contributed by atoms with Gasteiger partial charge in [-0.15, -0.1) is 0 Å². The van der Waals surface area contributed by atoms with Crippen molar-refractivity contribution in [2.24, 2.45) is 0 Å². The summed E-state index contributed by atoms with van der Waals surface area (Å²) in [6.45, 7) is 1.84. The zero-order chi connectivity index (χ0) is 27.8. The van der Waals surface area contributed by atoms with E-state index in [1.807, 2.05) is 6.07 Å². The first-order valence-corrected chi connectivity index (χ1v) is 11.2. The second kappa shape index (κ2) is 12.2. The van der Waals surface area contributed by atoms with Crippen LogP contribution in [-0.4, -0.2) is 29.5 Å². The van der Waals surface area contributed by atoms with Crippen LogP contribution >= 0.6 is 11.6 Å². The Balaban J connectivity index is 1.95. The van der Waals surface area contributed by atoms with Crippen molar-refractivity contribution in [2.75, 3.05) is 19.0 Å². The van der Waals surface area contributed by atoms with Crippen LogP contribution in [0.4, 0.5) is 17.1 Å². The van der Waals surface area contributed by atoms with Crippen molar-refractivity contribution < 1.29 is 28.9 Å². The second-order valence-corrected chi connectivity index (χ2v) is 7.79. The predicted molar refractivity (Wildman–Crippen MR) is 138 cm³/mol. The first-order valence-electron chi connectivity index (χ1n) is 10.8. The third-order valence-electron chi connectivity index (χ3n) is 4.92. The van der Waals surface area contributed by atoms with E-state index in [0.717, 1.165) is 18.2 Å². The molecule has 38 heavy (non-hydrogen) atoms. The number of non-ortho nitro benzene ring substituents is 1. The van der Waals surface area contributed by atoms with Crippen LogP contribution in [0.1, 0.15) is 12.5 Å². The van der Waals surface area contributed by atoms with E-state index in [1.54, 1.807) is 31.2 Å². The quantitative estimate of drug-likeness (QED) is 0.143. The van der Waals surface area contributed by atoms with Gasteiger partial charge in [0.25, 0.3) is 11.6 Å². The highest BCUT2D eigenvalue weighted by atomic mass is 35.5. The van der Waals surface area contributed by atoms with Gasteiger partial charge >= 0.3 is 5.69 Å². The SMILES string of the molecule is CCOc1cc(/C=C(\C#N)C(=O)Nc2ccc(OC)cc2)cc(Cl)c1Oc1ccc([N+](=O)[O-])cc1[N+](=O)[O-]. The molecule has 3 rings (SSSR count). The minimum atomic E-state index is -0.825. The molecule has 0 unspecified atom stereocenters. The Kier molecular flexibility index (Phi) is 8.81. The number of methoxy groups -OCH3 is 1. The zero-order valence-corrected chi connectivity index (χ0v) is 20.7. The van der Waals surface area contributed by atoms with E-state index >= 15 is 0 Å². The van der Waals surface area contributed by atoms with Gasteiger partial charge in [0.2, 0.25) is 5.75 Å². The maximum atomic E-state index is 12.6. The van der Waals surface area contributed by atoms with Gasteiger partial charge < -0.3 is 19.5 Å². The lowest BCUT2D eigenvalue weighted by molar-refractivity contribution is -0.394. The van der Waals surface area contributed by atoms with Crippen molar-refractivity contribution in [2.45, 2.75) is 6.92 Å². The molecule has 0 aliphatic carbocycles. The number of ether oxygens (including phenoxy) is 3. The van der Waals surface area contributed by atoms with Crippen molar-refractivity contribution in [3.8, 4) is 29.1 Å². The number of nitro benzene ring substituents is 2. The van der Waals surface area contributed by atoms with E-state index in [9.17, 15) is 30.3 Å². The number of halogens is 1. The molecule has 0 aromatic heterocycles. The van der Waals surface area contributed by atoms with Crippen molar-refractivity contribution >= 4 is 40.6 Å². The number of amides is 1. The second-order valence-electron chi connectivity index (χ2n) is 7.38. The van der Waals surface area contributed by atoms with Gasteiger partial charge in [0.1, 0.15) is 17.4 Å². The molecule has 0 spiro atoms. The summed E-state index contributed by atoms with van der Waals surface area (Å²) in [5.41, 5.74) is -0.621. The number of nitro groups is 2. The Bertz CT molecular complexity index is 1470. The first-order chi connectivity index (χ1) is 18.2. The van der Waals surface area contributed by atoms with Crippen molar-refractivity contribution in [1.29, 1.82) is 5.26 Å². The molecule has 3 aromatic carbocycles. The van der Waals surface area contributed by atoms with Crippen LogP contribution in [0.3, 0.4) is 0 Å². The van der Waals surface area contributed by atoms with Gasteiger partial charge in [0, 0.05) is 11.8 Å². The van der Waals surface area contributed by atoms with E-state index in [2.05, 4.69) is 5.32 Å². The number of nitrogens with zero attached hydrogens (tertiary/aromatic N) is 3. The molecule has 13 heteroatoms. The Morgan fingerprint density at radius 1 is 1.08 bits per heavy atom. The van der Waals surface area contributed by atoms with Gasteiger partial charge in [-0.3, -0.25) is 25.0 Å². The Morgan fingerprint density at radius 3 is 2.37 bits per heavy atom. The van der Waals surface area contributed by atoms with Gasteiger partial charge in [-0.1, -0.05) is 11.6 Å². The van der Waals surface area contributed by atoms with Crippen LogP contribution in [0.25, 0.3) is 6.08 Å². The number of nitrogens with one attached hydrogen (secondary N) is 1. The first kappa shape index (κ1) is 27.4. The molecule has 12 nitrogen and oxygen atoms in total. The van der Waals surface area contributed by atoms with Crippen molar-refractivity contribution in [3.63, 3.8) is 0 Å². The summed E-state index contributed by atoms with van der Waals surface area (Å²) in [5.74, 6) is -0.411. The van der Waals surface area contributed by atoms with Crippen molar-refractivity contribution in [3.05, 3.63) is 91.0 Å². The minimum absolute atomic E-state index is 0.0531. The Morgan fingerprint density at radius 2 is 1.79 bits per heavy atom. The minimum Gasteiger partial charge on any atom is -0.497 e. The van der Waals surface area contributed by atoms with Crippen LogP contribution < -0.4 is 19.5 Å². The lowest BCUT2D eigenvalue weighted by Gasteiger charge is -2.14. The number of anilines is 1. The average molecular weight is 539 g/mol. The lowest BCUT2D eigenvalue weighted by Crippen LogP contribution is -2.13. The number of rotatable bonds is 10. The normalized spacial score (nSPS) is 10.7. The van der Waals surface area contributed by atoms with Gasteiger partial charge in [-0.05, 0) is 61.0 Å². The summed E-state index contributed by atoms with van der Waals surface area (Å²) in [5, 5.41) is 34.6. The average Bonchev–Trinajstić information content (AvgIpc) is 2.89. The molecule has 0 saturated heterocycles. The van der Waals surface area contributed by atoms with Gasteiger partial charge in [-0.2, -0.15) is 5.26 Å². The summed E-state index contributed by atoms with van der Waals surface area (Å²) >= 11 is 6.39. The number of carbonyl (C=O) groups excluding carboxylic acids is 1. The van der Waals surface area contributed by atoms with E-state index in [0.29, 0.717) is 17.0 Å². The molecule has 3 aromatic rings. The summed E-state index contributed by atoms with van der Waals surface area (Å²) < 4.78 is 16.3. The summed E-state index contributed by atoms with van der Waals surface area (Å²) in [7, 11) is 1.51. The van der Waals surface area contributed by atoms with Crippen LogP contribution in [0.5, 0.6) is 23.0 Å². The fourth-order valence-corrected chi connectivity index (χ4v) is 3.44. The third-order valence-corrected chi connectivity index (χ3v) is 5.20. The topological polar surface area (TPSA) is 167 Å². The van der Waals surface area contributed by atoms with Gasteiger partial charge in [-0.25, -0.2) is 0 Å². The van der Waals surface area contributed by atoms with Crippen molar-refractivity contribution in [1.82, 2.24) is 0 Å². The molecule has 1 amide bonds. The molecule has 0 atom stereocenters. The molecule has 1 N–H and O–H groups in total. The summed E-state index contributed by atoms with van der Waals surface area (Å²) in [4.78, 5) is 33.5. The van der Waals surface area contributed by atoms with E-state index in [-0.39, 0.29) is 34.5 Å². The predicted octanol–water partition coefficient (Wildman–Crippen LogP) is 5.90. The van der Waals surface area contributed by atoms with Crippen LogP contribution in [0.2, 0.25) is 5.02 Å². The molecular weight excluding hydrogens is 520 g/mol. The fraction of sp³-hybridized carbons (Fsp3) is 0.120. The number of hydrogen-bond acceptors (Lipinski definition) is 9. The maximum absolute atomic E-state index is 12.6. The highest BCUT2D eigenvalue weighted by Gasteiger charge is 2.24. The number of hydrogen-bond donors (Lipinski definition) is 1. The maximum Gasteiger partial charge on any atom is 0.318 e. The van der Waals surface area contributed by atoms with E-state index < -0.39 is 27.1 Å². The third kappa shape index (κ3) is 6.54. The van der Waals surface area contributed by atoms with E-state index in [4.69, 9.17) is 25.8 Å². The van der Waals surface area contributed by atoms with Gasteiger partial charge in [0.05, 0.1) is 34.7 Å². The monoisotopic (exact) mass is 538 g/mol. The zero-order valence-electron chi connectivity index (χ0n) is 20.0. The molecule has 0 fully saturated rings. The molecule has 0 bridgehead atoms. The lowest BCUT2D eigenvalue weighted by atomic mass is 10.1. The number of nitriles is 1. The molecule has 0 aliphatic heterocycles. The smallest absolute Gasteiger partial charge is 0.318 e. The molecule has 0 saturated carbocycles. The standard InChI is InChI=1S/C25H19ClN4O8/c1-3-37-23-12-15(10-16(14-27)25(31)28-17-4-7-19(36-2)8-5-17)11-20(26)24(23)38-22-9-6-18(29(32)33)13-21(22)30(34)35/h4-13H,3H2,1-2H3,(H,28,31)/b16-10+. The number of carbonyl (C=O) groups is 1. The van der Waals surface area contributed by atoms with Crippen LogP contribution in [-0.2, 0) is 4.79 Å². The van der Waals surface area contributed by atoms with Crippen LogP contribution in [0.15, 0.2) is 60.2 Å². The molecule has 194 valence electrons. The van der Waals surface area contributed by atoms with Gasteiger partial charge in [0.15, 0.2) is 11.5 Å². The number of benzene rings is 3. The Hall–Kier alpha value is -5.15. The molecule has 0 heterocycles. The molecule has 0 radical (unpaired) electrons. The molecule has 0 aliphatic rings. The van der Waals surface area contributed by atoms with E-state index in [1.165, 1.54) is 25.3 Å².